The van der Waals surface area contributed by atoms with E-state index in [1.165, 1.54) is 0 Å². The predicted molar refractivity (Wildman–Crippen MR) is 72.2 cm³/mol. The van der Waals surface area contributed by atoms with Gasteiger partial charge in [0.25, 0.3) is 10.2 Å². The second-order valence-electron chi connectivity index (χ2n) is 5.20. The molecule has 1 saturated heterocycles. The van der Waals surface area contributed by atoms with Crippen LogP contribution in [-0.4, -0.2) is 49.2 Å². The summed E-state index contributed by atoms with van der Waals surface area (Å²) < 4.78 is 28.4. The SMILES string of the molecule is C=CCN(C1CC1)S(=O)(=O)N1CCCC(CN)C1. The summed E-state index contributed by atoms with van der Waals surface area (Å²) in [7, 11) is -3.33. The molecule has 1 heterocycles. The lowest BCUT2D eigenvalue weighted by molar-refractivity contribution is 0.251. The molecule has 1 saturated carbocycles. The van der Waals surface area contributed by atoms with Crippen LogP contribution >= 0.6 is 0 Å². The smallest absolute Gasteiger partial charge is 0.282 e. The maximum absolute atomic E-state index is 12.6. The summed E-state index contributed by atoms with van der Waals surface area (Å²) in [6.45, 7) is 5.83. The Hall–Kier alpha value is -0.430. The molecular weight excluding hydrogens is 250 g/mol. The van der Waals surface area contributed by atoms with E-state index < -0.39 is 10.2 Å². The third-order valence-corrected chi connectivity index (χ3v) is 5.73. The van der Waals surface area contributed by atoms with Gasteiger partial charge in [0, 0.05) is 25.7 Å². The van der Waals surface area contributed by atoms with E-state index in [9.17, 15) is 8.42 Å². The minimum absolute atomic E-state index is 0.186. The first-order valence-electron chi connectivity index (χ1n) is 6.67. The Balaban J connectivity index is 2.10. The van der Waals surface area contributed by atoms with Gasteiger partial charge in [-0.3, -0.25) is 0 Å². The molecule has 18 heavy (non-hydrogen) atoms. The second-order valence-corrected chi connectivity index (χ2v) is 7.08. The zero-order valence-corrected chi connectivity index (χ0v) is 11.6. The molecule has 2 aliphatic rings. The summed E-state index contributed by atoms with van der Waals surface area (Å²) in [5, 5.41) is 0. The van der Waals surface area contributed by atoms with Gasteiger partial charge in [-0.2, -0.15) is 17.0 Å². The van der Waals surface area contributed by atoms with Gasteiger partial charge in [0.2, 0.25) is 0 Å². The van der Waals surface area contributed by atoms with Crippen molar-refractivity contribution in [1.82, 2.24) is 8.61 Å². The molecule has 5 nitrogen and oxygen atoms in total. The van der Waals surface area contributed by atoms with Crippen molar-refractivity contribution in [2.75, 3.05) is 26.2 Å². The first kappa shape index (κ1) is 14.0. The highest BCUT2D eigenvalue weighted by atomic mass is 32.2. The van der Waals surface area contributed by atoms with Crippen molar-refractivity contribution in [3.05, 3.63) is 12.7 Å². The van der Waals surface area contributed by atoms with Crippen LogP contribution in [-0.2, 0) is 10.2 Å². The van der Waals surface area contributed by atoms with Gasteiger partial charge >= 0.3 is 0 Å². The van der Waals surface area contributed by atoms with Crippen LogP contribution in [0.4, 0.5) is 0 Å². The third-order valence-electron chi connectivity index (χ3n) is 3.70. The zero-order chi connectivity index (χ0) is 13.2. The molecule has 0 aromatic rings. The van der Waals surface area contributed by atoms with Crippen molar-refractivity contribution < 1.29 is 8.42 Å². The topological polar surface area (TPSA) is 66.6 Å². The molecule has 104 valence electrons. The van der Waals surface area contributed by atoms with Gasteiger partial charge in [0.15, 0.2) is 0 Å². The van der Waals surface area contributed by atoms with Crippen LogP contribution < -0.4 is 5.73 Å². The summed E-state index contributed by atoms with van der Waals surface area (Å²) in [4.78, 5) is 0. The van der Waals surface area contributed by atoms with Gasteiger partial charge in [-0.15, -0.1) is 6.58 Å². The largest absolute Gasteiger partial charge is 0.330 e. The van der Waals surface area contributed by atoms with Crippen molar-refractivity contribution >= 4 is 10.2 Å². The van der Waals surface area contributed by atoms with Gasteiger partial charge in [-0.05, 0) is 38.1 Å². The zero-order valence-electron chi connectivity index (χ0n) is 10.8. The molecule has 1 aliphatic carbocycles. The Morgan fingerprint density at radius 2 is 2.11 bits per heavy atom. The first-order chi connectivity index (χ1) is 8.59. The van der Waals surface area contributed by atoms with E-state index in [0.717, 1.165) is 25.7 Å². The third kappa shape index (κ3) is 2.93. The Morgan fingerprint density at radius 1 is 1.39 bits per heavy atom. The predicted octanol–water partition coefficient (Wildman–Crippen LogP) is 0.552. The summed E-state index contributed by atoms with van der Waals surface area (Å²) in [6.07, 6.45) is 5.56. The minimum atomic E-state index is -3.33. The van der Waals surface area contributed by atoms with Crippen LogP contribution in [0, 0.1) is 5.92 Å². The van der Waals surface area contributed by atoms with Crippen LogP contribution in [0.3, 0.4) is 0 Å². The van der Waals surface area contributed by atoms with Crippen molar-refractivity contribution in [3.63, 3.8) is 0 Å². The average Bonchev–Trinajstić information content (AvgIpc) is 3.20. The van der Waals surface area contributed by atoms with E-state index in [2.05, 4.69) is 6.58 Å². The van der Waals surface area contributed by atoms with Gasteiger partial charge in [-0.1, -0.05) is 6.08 Å². The monoisotopic (exact) mass is 273 g/mol. The van der Waals surface area contributed by atoms with Crippen LogP contribution in [0.25, 0.3) is 0 Å². The lowest BCUT2D eigenvalue weighted by Crippen LogP contribution is -2.49. The number of rotatable bonds is 6. The van der Waals surface area contributed by atoms with Crippen molar-refractivity contribution in [3.8, 4) is 0 Å². The van der Waals surface area contributed by atoms with Crippen LogP contribution in [0.2, 0.25) is 0 Å². The van der Waals surface area contributed by atoms with E-state index >= 15 is 0 Å². The fourth-order valence-corrected chi connectivity index (χ4v) is 4.44. The first-order valence-corrected chi connectivity index (χ1v) is 8.07. The van der Waals surface area contributed by atoms with Gasteiger partial charge in [-0.25, -0.2) is 0 Å². The fraction of sp³-hybridized carbons (Fsp3) is 0.833. The molecule has 2 N–H and O–H groups in total. The normalized spacial score (nSPS) is 26.4. The molecule has 0 spiro atoms. The molecule has 0 amide bonds. The highest BCUT2D eigenvalue weighted by molar-refractivity contribution is 7.86. The van der Waals surface area contributed by atoms with E-state index in [1.807, 2.05) is 0 Å². The molecule has 0 aromatic heterocycles. The molecule has 1 unspecified atom stereocenters. The second kappa shape index (κ2) is 5.69. The quantitative estimate of drug-likeness (QED) is 0.719. The summed E-state index contributed by atoms with van der Waals surface area (Å²) in [5.74, 6) is 0.304. The number of hydrogen-bond donors (Lipinski definition) is 1. The van der Waals surface area contributed by atoms with Crippen LogP contribution in [0.5, 0.6) is 0 Å². The molecule has 2 fully saturated rings. The van der Waals surface area contributed by atoms with E-state index in [1.54, 1.807) is 14.7 Å². The van der Waals surface area contributed by atoms with Crippen molar-refractivity contribution in [1.29, 1.82) is 0 Å². The maximum atomic E-state index is 12.6. The Bertz CT molecular complexity index is 392. The van der Waals surface area contributed by atoms with Crippen molar-refractivity contribution in [2.24, 2.45) is 11.7 Å². The molecular formula is C12H23N3O2S. The van der Waals surface area contributed by atoms with Crippen LogP contribution in [0.1, 0.15) is 25.7 Å². The Labute approximate surface area is 110 Å². The number of nitrogens with two attached hydrogens (primary N) is 1. The molecule has 0 bridgehead atoms. The lowest BCUT2D eigenvalue weighted by atomic mass is 10.0. The standard InChI is InChI=1S/C12H23N3O2S/c1-2-7-15(12-5-6-12)18(16,17)14-8-3-4-11(9-13)10-14/h2,11-12H,1,3-10,13H2. The Kier molecular flexibility index (Phi) is 4.42. The molecule has 1 atom stereocenters. The molecule has 1 aliphatic heterocycles. The fourth-order valence-electron chi connectivity index (χ4n) is 2.50. The lowest BCUT2D eigenvalue weighted by Gasteiger charge is -2.35. The number of hydrogen-bond acceptors (Lipinski definition) is 3. The van der Waals surface area contributed by atoms with Gasteiger partial charge in [0.1, 0.15) is 0 Å². The minimum Gasteiger partial charge on any atom is -0.330 e. The average molecular weight is 273 g/mol. The molecule has 6 heteroatoms. The molecule has 0 aromatic carbocycles. The van der Waals surface area contributed by atoms with Crippen LogP contribution in [0.15, 0.2) is 12.7 Å². The highest BCUT2D eigenvalue weighted by Gasteiger charge is 2.40. The molecule has 2 rings (SSSR count). The maximum Gasteiger partial charge on any atom is 0.282 e. The number of piperidine rings is 1. The van der Waals surface area contributed by atoms with Crippen molar-refractivity contribution in [2.45, 2.75) is 31.7 Å². The highest BCUT2D eigenvalue weighted by Crippen LogP contribution is 2.31. The van der Waals surface area contributed by atoms with E-state index in [0.29, 0.717) is 32.1 Å². The summed E-state index contributed by atoms with van der Waals surface area (Å²) in [6, 6.07) is 0.186. The Morgan fingerprint density at radius 3 is 2.67 bits per heavy atom. The van der Waals surface area contributed by atoms with Gasteiger partial charge in [0.05, 0.1) is 0 Å². The van der Waals surface area contributed by atoms with E-state index in [-0.39, 0.29) is 6.04 Å². The van der Waals surface area contributed by atoms with E-state index in [4.69, 9.17) is 5.73 Å². The molecule has 0 radical (unpaired) electrons. The summed E-state index contributed by atoms with van der Waals surface area (Å²) in [5.41, 5.74) is 5.66. The summed E-state index contributed by atoms with van der Waals surface area (Å²) >= 11 is 0. The van der Waals surface area contributed by atoms with Gasteiger partial charge < -0.3 is 5.73 Å². The number of nitrogens with zero attached hydrogens (tertiary/aromatic N) is 2.